The largest absolute Gasteiger partial charge is 0.480 e. The summed E-state index contributed by atoms with van der Waals surface area (Å²) in [6.07, 6.45) is 2.11. The van der Waals surface area contributed by atoms with E-state index in [4.69, 9.17) is 11.6 Å². The predicted octanol–water partition coefficient (Wildman–Crippen LogP) is 2.33. The van der Waals surface area contributed by atoms with Gasteiger partial charge in [-0.05, 0) is 30.9 Å². The first-order chi connectivity index (χ1) is 9.66. The molecule has 0 spiro atoms. The number of carboxylic acid groups (broad SMARTS) is 1. The summed E-state index contributed by atoms with van der Waals surface area (Å²) in [5.74, 6) is -0.307. The molecule has 5 heteroatoms. The van der Waals surface area contributed by atoms with Gasteiger partial charge in [0.05, 0.1) is 10.7 Å². The van der Waals surface area contributed by atoms with Gasteiger partial charge in [0.25, 0.3) is 0 Å². The molecule has 0 bridgehead atoms. The zero-order chi connectivity index (χ0) is 14.1. The van der Waals surface area contributed by atoms with Gasteiger partial charge in [0.1, 0.15) is 6.04 Å². The number of para-hydroxylation sites is 1. The third-order valence-electron chi connectivity index (χ3n) is 4.22. The van der Waals surface area contributed by atoms with Gasteiger partial charge >= 0.3 is 5.97 Å². The second-order valence-electron chi connectivity index (χ2n) is 5.59. The van der Waals surface area contributed by atoms with Gasteiger partial charge in [0, 0.05) is 26.2 Å². The van der Waals surface area contributed by atoms with Gasteiger partial charge in [-0.2, -0.15) is 0 Å². The minimum Gasteiger partial charge on any atom is -0.480 e. The van der Waals surface area contributed by atoms with E-state index in [2.05, 4.69) is 9.80 Å². The number of anilines is 1. The third-order valence-corrected chi connectivity index (χ3v) is 4.54. The molecule has 0 aromatic heterocycles. The quantitative estimate of drug-likeness (QED) is 0.925. The van der Waals surface area contributed by atoms with E-state index in [9.17, 15) is 9.90 Å². The molecular formula is C15H19ClN2O2. The average molecular weight is 295 g/mol. The van der Waals surface area contributed by atoms with Crippen LogP contribution < -0.4 is 4.90 Å². The van der Waals surface area contributed by atoms with Crippen molar-refractivity contribution < 1.29 is 9.90 Å². The Bertz CT molecular complexity index is 496. The van der Waals surface area contributed by atoms with Gasteiger partial charge in [-0.25, -0.2) is 0 Å². The fraction of sp³-hybridized carbons (Fsp3) is 0.533. The van der Waals surface area contributed by atoms with Crippen molar-refractivity contribution in [3.63, 3.8) is 0 Å². The van der Waals surface area contributed by atoms with Crippen molar-refractivity contribution in [3.8, 4) is 0 Å². The summed E-state index contributed by atoms with van der Waals surface area (Å²) in [4.78, 5) is 15.8. The van der Waals surface area contributed by atoms with Gasteiger partial charge in [0.15, 0.2) is 0 Å². The van der Waals surface area contributed by atoms with Crippen LogP contribution in [0.2, 0.25) is 5.02 Å². The van der Waals surface area contributed by atoms with Crippen LogP contribution in [0, 0.1) is 5.92 Å². The zero-order valence-electron chi connectivity index (χ0n) is 11.3. The van der Waals surface area contributed by atoms with Crippen LogP contribution in [0.25, 0.3) is 0 Å². The van der Waals surface area contributed by atoms with Crippen molar-refractivity contribution in [2.75, 3.05) is 31.1 Å². The lowest BCUT2D eigenvalue weighted by molar-refractivity contribution is -0.144. The number of piperazine rings is 1. The molecule has 1 unspecified atom stereocenters. The summed E-state index contributed by atoms with van der Waals surface area (Å²) in [5, 5.41) is 10.1. The summed E-state index contributed by atoms with van der Waals surface area (Å²) < 4.78 is 0. The van der Waals surface area contributed by atoms with Gasteiger partial charge in [-0.1, -0.05) is 23.7 Å². The lowest BCUT2D eigenvalue weighted by Crippen LogP contribution is -2.53. The van der Waals surface area contributed by atoms with Crippen LogP contribution >= 0.6 is 11.6 Å². The normalized spacial score (nSPS) is 21.8. The molecule has 1 aliphatic heterocycles. The molecule has 0 radical (unpaired) electrons. The lowest BCUT2D eigenvalue weighted by atomic mass is 10.1. The molecule has 1 atom stereocenters. The van der Waals surface area contributed by atoms with Crippen molar-refractivity contribution in [1.82, 2.24) is 4.90 Å². The van der Waals surface area contributed by atoms with Crippen LogP contribution in [-0.4, -0.2) is 48.2 Å². The van der Waals surface area contributed by atoms with E-state index in [1.54, 1.807) is 0 Å². The highest BCUT2D eigenvalue weighted by molar-refractivity contribution is 6.33. The van der Waals surface area contributed by atoms with Crippen molar-refractivity contribution >= 4 is 23.3 Å². The Morgan fingerprint density at radius 3 is 2.40 bits per heavy atom. The van der Waals surface area contributed by atoms with Gasteiger partial charge in [-0.15, -0.1) is 0 Å². The Morgan fingerprint density at radius 1 is 1.20 bits per heavy atom. The SMILES string of the molecule is O=C(O)C(C1CC1)N1CCN(c2ccccc2Cl)CC1. The maximum Gasteiger partial charge on any atom is 0.321 e. The zero-order valence-corrected chi connectivity index (χ0v) is 12.1. The van der Waals surface area contributed by atoms with E-state index in [0.29, 0.717) is 5.92 Å². The second kappa shape index (κ2) is 5.62. The number of benzene rings is 1. The second-order valence-corrected chi connectivity index (χ2v) is 6.00. The molecule has 2 aliphatic rings. The molecule has 1 aromatic rings. The first kappa shape index (κ1) is 13.7. The van der Waals surface area contributed by atoms with E-state index >= 15 is 0 Å². The Morgan fingerprint density at radius 2 is 1.85 bits per heavy atom. The van der Waals surface area contributed by atoms with Crippen molar-refractivity contribution in [3.05, 3.63) is 29.3 Å². The topological polar surface area (TPSA) is 43.8 Å². The van der Waals surface area contributed by atoms with Crippen LogP contribution in [-0.2, 0) is 4.79 Å². The van der Waals surface area contributed by atoms with Gasteiger partial charge in [-0.3, -0.25) is 9.69 Å². The molecule has 20 heavy (non-hydrogen) atoms. The van der Waals surface area contributed by atoms with Crippen molar-refractivity contribution in [2.45, 2.75) is 18.9 Å². The number of nitrogens with zero attached hydrogens (tertiary/aromatic N) is 2. The number of hydrogen-bond acceptors (Lipinski definition) is 3. The fourth-order valence-corrected chi connectivity index (χ4v) is 3.27. The molecule has 0 amide bonds. The predicted molar refractivity (Wildman–Crippen MR) is 79.4 cm³/mol. The van der Waals surface area contributed by atoms with E-state index in [1.165, 1.54) is 0 Å². The summed E-state index contributed by atoms with van der Waals surface area (Å²) >= 11 is 6.22. The molecule has 1 N–H and O–H groups in total. The molecule has 1 aliphatic carbocycles. The van der Waals surface area contributed by atoms with E-state index in [0.717, 1.165) is 49.7 Å². The number of carbonyl (C=O) groups is 1. The molecule has 1 heterocycles. The van der Waals surface area contributed by atoms with Crippen molar-refractivity contribution in [1.29, 1.82) is 0 Å². The molecule has 3 rings (SSSR count). The number of rotatable bonds is 4. The highest BCUT2D eigenvalue weighted by Gasteiger charge is 2.41. The number of carboxylic acids is 1. The standard InChI is InChI=1S/C15H19ClN2O2/c16-12-3-1-2-4-13(12)17-7-9-18(10-8-17)14(15(19)20)11-5-6-11/h1-4,11,14H,5-10H2,(H,19,20). The highest BCUT2D eigenvalue weighted by atomic mass is 35.5. The summed E-state index contributed by atoms with van der Waals surface area (Å²) in [6, 6.07) is 7.54. The maximum atomic E-state index is 11.4. The molecular weight excluding hydrogens is 276 g/mol. The van der Waals surface area contributed by atoms with Crippen LogP contribution in [0.1, 0.15) is 12.8 Å². The molecule has 2 fully saturated rings. The molecule has 1 aromatic carbocycles. The molecule has 1 saturated carbocycles. The van der Waals surface area contributed by atoms with Crippen LogP contribution in [0.3, 0.4) is 0 Å². The third kappa shape index (κ3) is 2.76. The summed E-state index contributed by atoms with van der Waals surface area (Å²) in [7, 11) is 0. The monoisotopic (exact) mass is 294 g/mol. The Balaban J connectivity index is 1.64. The molecule has 4 nitrogen and oxygen atoms in total. The fourth-order valence-electron chi connectivity index (χ4n) is 3.02. The number of aliphatic carboxylic acids is 1. The average Bonchev–Trinajstić information content (AvgIpc) is 3.25. The van der Waals surface area contributed by atoms with Crippen molar-refractivity contribution in [2.24, 2.45) is 5.92 Å². The Hall–Kier alpha value is -1.26. The van der Waals surface area contributed by atoms with Gasteiger partial charge in [0.2, 0.25) is 0 Å². The summed E-state index contributed by atoms with van der Waals surface area (Å²) in [6.45, 7) is 3.25. The molecule has 108 valence electrons. The maximum absolute atomic E-state index is 11.4. The Labute approximate surface area is 123 Å². The van der Waals surface area contributed by atoms with E-state index in [-0.39, 0.29) is 6.04 Å². The van der Waals surface area contributed by atoms with Gasteiger partial charge < -0.3 is 10.0 Å². The highest BCUT2D eigenvalue weighted by Crippen LogP contribution is 2.36. The van der Waals surface area contributed by atoms with E-state index in [1.807, 2.05) is 24.3 Å². The minimum atomic E-state index is -0.668. The molecule has 1 saturated heterocycles. The summed E-state index contributed by atoms with van der Waals surface area (Å²) in [5.41, 5.74) is 1.05. The Kier molecular flexibility index (Phi) is 3.85. The first-order valence-electron chi connectivity index (χ1n) is 7.13. The number of halogens is 1. The first-order valence-corrected chi connectivity index (χ1v) is 7.51. The van der Waals surface area contributed by atoms with Crippen LogP contribution in [0.15, 0.2) is 24.3 Å². The number of hydrogen-bond donors (Lipinski definition) is 1. The van der Waals surface area contributed by atoms with Crippen LogP contribution in [0.4, 0.5) is 5.69 Å². The van der Waals surface area contributed by atoms with Crippen LogP contribution in [0.5, 0.6) is 0 Å². The minimum absolute atomic E-state index is 0.289. The van der Waals surface area contributed by atoms with E-state index < -0.39 is 5.97 Å². The lowest BCUT2D eigenvalue weighted by Gasteiger charge is -2.39. The smallest absolute Gasteiger partial charge is 0.321 e.